The van der Waals surface area contributed by atoms with Crippen LogP contribution in [0.3, 0.4) is 0 Å². The summed E-state index contributed by atoms with van der Waals surface area (Å²) >= 11 is 0. The Kier molecular flexibility index (Phi) is 4.89. The van der Waals surface area contributed by atoms with Crippen molar-refractivity contribution in [2.24, 2.45) is 17.4 Å². The quantitative estimate of drug-likeness (QED) is 0.506. The molecule has 0 unspecified atom stereocenters. The number of amides is 3. The molecule has 0 radical (unpaired) electrons. The van der Waals surface area contributed by atoms with Gasteiger partial charge in [-0.1, -0.05) is 0 Å². The second kappa shape index (κ2) is 6.19. The molecule has 0 saturated carbocycles. The van der Waals surface area contributed by atoms with E-state index >= 15 is 0 Å². The van der Waals surface area contributed by atoms with Gasteiger partial charge in [-0.15, -0.1) is 0 Å². The van der Waals surface area contributed by atoms with E-state index in [0.717, 1.165) is 24.3 Å². The maximum atomic E-state index is 12.0. The van der Waals surface area contributed by atoms with Crippen LogP contribution in [0.5, 0.6) is 0 Å². The van der Waals surface area contributed by atoms with E-state index in [0.29, 0.717) is 6.54 Å². The van der Waals surface area contributed by atoms with E-state index in [1.165, 1.54) is 0 Å². The number of hydrogen-bond acceptors (Lipinski definition) is 4. The molecular weight excluding hydrogens is 224 g/mol. The molecule has 0 spiro atoms. The van der Waals surface area contributed by atoms with Crippen LogP contribution in [0.2, 0.25) is 0 Å². The van der Waals surface area contributed by atoms with Crippen molar-refractivity contribution in [1.82, 2.24) is 10.2 Å². The molecule has 1 aliphatic rings. The van der Waals surface area contributed by atoms with Gasteiger partial charge < -0.3 is 21.7 Å². The fraction of sp³-hybridized carbons (Fsp3) is 0.700. The van der Waals surface area contributed by atoms with Crippen molar-refractivity contribution in [1.29, 1.82) is 0 Å². The van der Waals surface area contributed by atoms with E-state index in [9.17, 15) is 14.4 Å². The van der Waals surface area contributed by atoms with Crippen molar-refractivity contribution in [3.8, 4) is 0 Å². The van der Waals surface area contributed by atoms with E-state index in [2.05, 4.69) is 5.32 Å². The van der Waals surface area contributed by atoms with Gasteiger partial charge in [-0.05, 0) is 19.4 Å². The van der Waals surface area contributed by atoms with Crippen molar-refractivity contribution in [2.45, 2.75) is 12.8 Å². The van der Waals surface area contributed by atoms with E-state index in [-0.39, 0.29) is 24.9 Å². The molecule has 0 aliphatic carbocycles. The van der Waals surface area contributed by atoms with Crippen LogP contribution in [0.25, 0.3) is 0 Å². The molecule has 1 aliphatic heterocycles. The third kappa shape index (κ3) is 4.39. The van der Waals surface area contributed by atoms with Crippen LogP contribution in [0.1, 0.15) is 12.8 Å². The minimum atomic E-state index is -0.650. The zero-order valence-corrected chi connectivity index (χ0v) is 9.65. The molecule has 7 nitrogen and oxygen atoms in total. The lowest BCUT2D eigenvalue weighted by atomic mass is 9.98. The first-order chi connectivity index (χ1) is 8.00. The molecule has 1 atom stereocenters. The minimum absolute atomic E-state index is 0.206. The highest BCUT2D eigenvalue weighted by molar-refractivity contribution is 5.89. The predicted octanol–water partition coefficient (Wildman–Crippen LogP) is -2.21. The number of piperidine rings is 1. The van der Waals surface area contributed by atoms with Crippen LogP contribution in [0, 0.1) is 5.92 Å². The van der Waals surface area contributed by atoms with Crippen LogP contribution in [-0.4, -0.2) is 48.8 Å². The first-order valence-corrected chi connectivity index (χ1v) is 5.57. The molecule has 0 aromatic heterocycles. The van der Waals surface area contributed by atoms with E-state index in [1.54, 1.807) is 0 Å². The van der Waals surface area contributed by atoms with E-state index < -0.39 is 11.8 Å². The first-order valence-electron chi connectivity index (χ1n) is 5.57. The van der Waals surface area contributed by atoms with Crippen molar-refractivity contribution in [2.75, 3.05) is 26.2 Å². The Bertz CT molecular complexity index is 297. The maximum absolute atomic E-state index is 12.0. The molecule has 96 valence electrons. The number of carbonyl (C=O) groups is 3. The zero-order chi connectivity index (χ0) is 12.8. The molecule has 1 rings (SSSR count). The number of primary amides is 2. The third-order valence-electron chi connectivity index (χ3n) is 2.65. The van der Waals surface area contributed by atoms with Crippen LogP contribution in [0.15, 0.2) is 0 Å². The van der Waals surface area contributed by atoms with Gasteiger partial charge in [-0.3, -0.25) is 14.4 Å². The van der Waals surface area contributed by atoms with Gasteiger partial charge in [0.05, 0.1) is 19.0 Å². The molecule has 17 heavy (non-hydrogen) atoms. The van der Waals surface area contributed by atoms with E-state index in [1.807, 2.05) is 0 Å². The number of nitrogens with one attached hydrogen (secondary N) is 1. The second-order valence-corrected chi connectivity index (χ2v) is 4.17. The van der Waals surface area contributed by atoms with Crippen LogP contribution < -0.4 is 16.8 Å². The van der Waals surface area contributed by atoms with E-state index in [4.69, 9.17) is 11.5 Å². The Balaban J connectivity index is 2.63. The fourth-order valence-corrected chi connectivity index (χ4v) is 1.91. The number of carbonyl (C=O) groups excluding carboxylic acids is 3. The lowest BCUT2D eigenvalue weighted by Gasteiger charge is -2.28. The summed E-state index contributed by atoms with van der Waals surface area (Å²) in [5.74, 6) is -1.75. The molecule has 1 heterocycles. The predicted molar refractivity (Wildman–Crippen MR) is 60.6 cm³/mol. The summed E-state index contributed by atoms with van der Waals surface area (Å²) in [5.41, 5.74) is 10.1. The summed E-state index contributed by atoms with van der Waals surface area (Å²) < 4.78 is 0. The summed E-state index contributed by atoms with van der Waals surface area (Å²) in [5, 5.41) is 3.10. The number of rotatable bonds is 5. The average molecular weight is 242 g/mol. The number of nitrogens with zero attached hydrogens (tertiary/aromatic N) is 1. The van der Waals surface area contributed by atoms with Crippen molar-refractivity contribution in [3.63, 3.8) is 0 Å². The molecular formula is C10H18N4O3. The molecule has 7 heteroatoms. The molecule has 0 aromatic carbocycles. The Labute approximate surface area is 99.5 Å². The molecule has 0 bridgehead atoms. The van der Waals surface area contributed by atoms with Gasteiger partial charge in [0.1, 0.15) is 0 Å². The largest absolute Gasteiger partial charge is 0.368 e. The topological polar surface area (TPSA) is 119 Å². The molecule has 0 aromatic rings. The summed E-state index contributed by atoms with van der Waals surface area (Å²) in [6, 6.07) is 0. The smallest absolute Gasteiger partial charge is 0.237 e. The van der Waals surface area contributed by atoms with Gasteiger partial charge >= 0.3 is 0 Å². The van der Waals surface area contributed by atoms with Crippen LogP contribution >= 0.6 is 0 Å². The highest BCUT2D eigenvalue weighted by Crippen LogP contribution is 2.13. The highest BCUT2D eigenvalue weighted by Gasteiger charge is 2.27. The fourth-order valence-electron chi connectivity index (χ4n) is 1.91. The highest BCUT2D eigenvalue weighted by atomic mass is 16.2. The monoisotopic (exact) mass is 242 g/mol. The normalized spacial score (nSPS) is 19.6. The van der Waals surface area contributed by atoms with Gasteiger partial charge in [0.15, 0.2) is 0 Å². The summed E-state index contributed by atoms with van der Waals surface area (Å²) in [6.45, 7) is 0.915. The van der Waals surface area contributed by atoms with Crippen molar-refractivity contribution >= 4 is 17.7 Å². The van der Waals surface area contributed by atoms with Gasteiger partial charge in [-0.2, -0.15) is 0 Å². The standard InChI is InChI=1S/C10H18N4O3/c11-8(15)5-14(6-9(12)16)10(17)7-2-1-3-13-4-7/h7,13H,1-6H2,(H2,11,15)(H2,12,16)/t7-/m0/s1. The van der Waals surface area contributed by atoms with Crippen LogP contribution in [-0.2, 0) is 14.4 Å². The molecule has 3 amide bonds. The summed E-state index contributed by atoms with van der Waals surface area (Å²) in [4.78, 5) is 34.8. The minimum Gasteiger partial charge on any atom is -0.368 e. The van der Waals surface area contributed by atoms with Crippen molar-refractivity contribution in [3.05, 3.63) is 0 Å². The van der Waals surface area contributed by atoms with Crippen LogP contribution in [0.4, 0.5) is 0 Å². The lowest BCUT2D eigenvalue weighted by molar-refractivity contribution is -0.141. The second-order valence-electron chi connectivity index (χ2n) is 4.17. The number of nitrogens with two attached hydrogens (primary N) is 2. The Morgan fingerprint density at radius 2 is 1.76 bits per heavy atom. The number of hydrogen-bond donors (Lipinski definition) is 3. The Hall–Kier alpha value is -1.63. The van der Waals surface area contributed by atoms with Crippen molar-refractivity contribution < 1.29 is 14.4 Å². The average Bonchev–Trinajstić information content (AvgIpc) is 2.27. The van der Waals surface area contributed by atoms with Gasteiger partial charge in [0.25, 0.3) is 0 Å². The summed E-state index contributed by atoms with van der Waals surface area (Å²) in [7, 11) is 0. The molecule has 1 fully saturated rings. The van der Waals surface area contributed by atoms with Gasteiger partial charge in [0.2, 0.25) is 17.7 Å². The Morgan fingerprint density at radius 3 is 2.18 bits per heavy atom. The van der Waals surface area contributed by atoms with Gasteiger partial charge in [-0.25, -0.2) is 0 Å². The maximum Gasteiger partial charge on any atom is 0.237 e. The molecule has 1 saturated heterocycles. The third-order valence-corrected chi connectivity index (χ3v) is 2.65. The SMILES string of the molecule is NC(=O)CN(CC(N)=O)C(=O)[C@H]1CCCNC1. The Morgan fingerprint density at radius 1 is 1.18 bits per heavy atom. The lowest BCUT2D eigenvalue weighted by Crippen LogP contribution is -2.48. The zero-order valence-electron chi connectivity index (χ0n) is 9.65. The first kappa shape index (κ1) is 13.4. The summed E-state index contributed by atoms with van der Waals surface area (Å²) in [6.07, 6.45) is 1.65. The van der Waals surface area contributed by atoms with Gasteiger partial charge in [0, 0.05) is 6.54 Å². The molecule has 5 N–H and O–H groups in total.